The van der Waals surface area contributed by atoms with Crippen molar-refractivity contribution in [2.75, 3.05) is 7.05 Å². The smallest absolute Gasteiger partial charge is 0.132 e. The number of nitrogens with zero attached hydrogens (tertiary/aromatic N) is 3. The highest BCUT2D eigenvalue weighted by atomic mass is 15.4. The van der Waals surface area contributed by atoms with E-state index in [0.29, 0.717) is 0 Å². The van der Waals surface area contributed by atoms with Crippen LogP contribution >= 0.6 is 0 Å². The molecule has 2 unspecified atom stereocenters. The second-order valence-electron chi connectivity index (χ2n) is 14.1. The summed E-state index contributed by atoms with van der Waals surface area (Å²) in [7, 11) is 2.20. The SMILES string of the molecule is CN1C(c2cc3ccccc3c3ccccc23)N=C(c2cc3ccccc3c3ccccc23)NC1(C)c1ccc(-c2cnc3ccccc3c2)cc1. The Morgan fingerprint density at radius 3 is 1.81 bits per heavy atom. The van der Waals surface area contributed by atoms with E-state index in [4.69, 9.17) is 9.98 Å². The van der Waals surface area contributed by atoms with E-state index < -0.39 is 5.66 Å². The number of hydrogen-bond donors (Lipinski definition) is 1. The van der Waals surface area contributed by atoms with Crippen LogP contribution in [0.1, 0.15) is 29.8 Å². The minimum absolute atomic E-state index is 0.273. The van der Waals surface area contributed by atoms with Gasteiger partial charge in [0.15, 0.2) is 0 Å². The van der Waals surface area contributed by atoms with Crippen molar-refractivity contribution in [1.82, 2.24) is 15.2 Å². The fraction of sp³-hybridized carbons (Fsp3) is 0.0833. The van der Waals surface area contributed by atoms with Gasteiger partial charge >= 0.3 is 0 Å². The molecule has 0 spiro atoms. The molecular weight excluding hydrogens is 633 g/mol. The van der Waals surface area contributed by atoms with Crippen molar-refractivity contribution in [1.29, 1.82) is 0 Å². The molecule has 248 valence electrons. The minimum atomic E-state index is -0.610. The zero-order valence-electron chi connectivity index (χ0n) is 29.1. The van der Waals surface area contributed by atoms with Crippen LogP contribution in [0.4, 0.5) is 0 Å². The molecule has 10 rings (SSSR count). The molecule has 0 aliphatic carbocycles. The maximum Gasteiger partial charge on any atom is 0.132 e. The molecular formula is C48H36N4. The Hall–Kier alpha value is -6.36. The zero-order valence-corrected chi connectivity index (χ0v) is 29.1. The highest BCUT2D eigenvalue weighted by Gasteiger charge is 2.42. The second kappa shape index (κ2) is 11.9. The third kappa shape index (κ3) is 4.79. The van der Waals surface area contributed by atoms with Gasteiger partial charge in [-0.15, -0.1) is 0 Å². The topological polar surface area (TPSA) is 40.5 Å². The summed E-state index contributed by atoms with van der Waals surface area (Å²) in [6.07, 6.45) is 1.70. The number of aromatic nitrogens is 1. The van der Waals surface area contributed by atoms with Crippen molar-refractivity contribution in [2.45, 2.75) is 18.8 Å². The van der Waals surface area contributed by atoms with Crippen LogP contribution in [-0.2, 0) is 5.66 Å². The maximum atomic E-state index is 5.66. The van der Waals surface area contributed by atoms with Crippen LogP contribution in [-0.4, -0.2) is 22.8 Å². The molecule has 1 aromatic heterocycles. The quantitative estimate of drug-likeness (QED) is 0.190. The van der Waals surface area contributed by atoms with Gasteiger partial charge in [-0.1, -0.05) is 140 Å². The predicted octanol–water partition coefficient (Wildman–Crippen LogP) is 11.4. The fourth-order valence-corrected chi connectivity index (χ4v) is 8.26. The van der Waals surface area contributed by atoms with Gasteiger partial charge < -0.3 is 5.32 Å². The summed E-state index contributed by atoms with van der Waals surface area (Å²) in [6.45, 7) is 2.29. The van der Waals surface area contributed by atoms with Crippen LogP contribution in [0, 0.1) is 0 Å². The molecule has 0 bridgehead atoms. The number of benzene rings is 8. The molecule has 8 aromatic carbocycles. The summed E-state index contributed by atoms with van der Waals surface area (Å²) in [5, 5.41) is 14.9. The zero-order chi connectivity index (χ0) is 34.8. The summed E-state index contributed by atoms with van der Waals surface area (Å²) >= 11 is 0. The lowest BCUT2D eigenvalue weighted by atomic mass is 9.90. The number of hydrogen-bond acceptors (Lipinski definition) is 4. The highest BCUT2D eigenvalue weighted by molar-refractivity contribution is 6.19. The Balaban J connectivity index is 1.18. The van der Waals surface area contributed by atoms with Crippen LogP contribution in [0.5, 0.6) is 0 Å². The average molecular weight is 669 g/mol. The van der Waals surface area contributed by atoms with E-state index in [1.807, 2.05) is 12.3 Å². The van der Waals surface area contributed by atoms with Crippen molar-refractivity contribution >= 4 is 59.8 Å². The standard InChI is InChI=1S/C48H36N4/c1-48(36-25-23-31(24-26-36)35-27-34-15-5-12-22-45(34)49-30-35)51-46(43-28-32-13-3-6-16-37(32)39-18-8-10-20-41(39)43)50-47(52(48)2)44-29-33-14-4-7-17-38(33)40-19-9-11-21-42(40)44/h3-30,47H,1-2H3,(H,50,51). The molecule has 0 saturated carbocycles. The summed E-state index contributed by atoms with van der Waals surface area (Å²) in [5.41, 5.74) is 6.07. The number of amidine groups is 1. The summed E-state index contributed by atoms with van der Waals surface area (Å²) < 4.78 is 0. The monoisotopic (exact) mass is 668 g/mol. The lowest BCUT2D eigenvalue weighted by molar-refractivity contribution is 0.0611. The van der Waals surface area contributed by atoms with Gasteiger partial charge in [0.1, 0.15) is 17.7 Å². The third-order valence-electron chi connectivity index (χ3n) is 11.2. The van der Waals surface area contributed by atoms with Crippen LogP contribution in [0.2, 0.25) is 0 Å². The second-order valence-corrected chi connectivity index (χ2v) is 14.1. The van der Waals surface area contributed by atoms with Gasteiger partial charge in [0, 0.05) is 22.7 Å². The molecule has 0 radical (unpaired) electrons. The first kappa shape index (κ1) is 30.5. The molecule has 9 aromatic rings. The molecule has 1 aliphatic heterocycles. The van der Waals surface area contributed by atoms with Gasteiger partial charge in [-0.3, -0.25) is 9.88 Å². The van der Waals surface area contributed by atoms with Crippen molar-refractivity contribution in [2.24, 2.45) is 4.99 Å². The largest absolute Gasteiger partial charge is 0.348 e. The van der Waals surface area contributed by atoms with Crippen molar-refractivity contribution in [3.8, 4) is 11.1 Å². The number of nitrogens with one attached hydrogen (secondary N) is 1. The summed E-state index contributed by atoms with van der Waals surface area (Å²) in [5.74, 6) is 0.882. The number of aliphatic imine (C=N–C) groups is 1. The fourth-order valence-electron chi connectivity index (χ4n) is 8.26. The van der Waals surface area contributed by atoms with E-state index in [1.165, 1.54) is 48.7 Å². The Kier molecular flexibility index (Phi) is 6.95. The molecule has 4 heteroatoms. The minimum Gasteiger partial charge on any atom is -0.348 e. The van der Waals surface area contributed by atoms with Gasteiger partial charge in [0.2, 0.25) is 0 Å². The summed E-state index contributed by atoms with van der Waals surface area (Å²) in [4.78, 5) is 12.8. The molecule has 4 nitrogen and oxygen atoms in total. The molecule has 1 N–H and O–H groups in total. The van der Waals surface area contributed by atoms with Crippen LogP contribution in [0.15, 0.2) is 175 Å². The molecule has 0 fully saturated rings. The third-order valence-corrected chi connectivity index (χ3v) is 11.2. The highest BCUT2D eigenvalue weighted by Crippen LogP contribution is 2.43. The molecule has 2 heterocycles. The van der Waals surface area contributed by atoms with E-state index in [0.717, 1.165) is 39.0 Å². The van der Waals surface area contributed by atoms with Gasteiger partial charge in [0.25, 0.3) is 0 Å². The Bertz CT molecular complexity index is 2870. The van der Waals surface area contributed by atoms with E-state index >= 15 is 0 Å². The van der Waals surface area contributed by atoms with Crippen LogP contribution in [0.3, 0.4) is 0 Å². The van der Waals surface area contributed by atoms with Crippen molar-refractivity contribution in [3.63, 3.8) is 0 Å². The molecule has 2 atom stereocenters. The van der Waals surface area contributed by atoms with Gasteiger partial charge in [-0.2, -0.15) is 0 Å². The van der Waals surface area contributed by atoms with Crippen molar-refractivity contribution < 1.29 is 0 Å². The Morgan fingerprint density at radius 2 is 1.10 bits per heavy atom. The maximum absolute atomic E-state index is 5.66. The van der Waals surface area contributed by atoms with E-state index in [1.54, 1.807) is 0 Å². The molecule has 52 heavy (non-hydrogen) atoms. The number of fused-ring (bicyclic) bond motifs is 7. The lowest BCUT2D eigenvalue weighted by Gasteiger charge is -2.48. The number of rotatable bonds is 4. The number of pyridine rings is 1. The first-order valence-corrected chi connectivity index (χ1v) is 17.9. The first-order valence-electron chi connectivity index (χ1n) is 17.9. The summed E-state index contributed by atoms with van der Waals surface area (Å²) in [6, 6.07) is 58.9. The van der Waals surface area contributed by atoms with Crippen molar-refractivity contribution in [3.05, 3.63) is 187 Å². The molecule has 0 saturated heterocycles. The predicted molar refractivity (Wildman–Crippen MR) is 218 cm³/mol. The number of para-hydroxylation sites is 1. The van der Waals surface area contributed by atoms with Crippen LogP contribution in [0.25, 0.3) is 65.1 Å². The van der Waals surface area contributed by atoms with E-state index in [2.05, 4.69) is 182 Å². The lowest BCUT2D eigenvalue weighted by Crippen LogP contribution is -2.59. The normalized spacial score (nSPS) is 17.9. The first-order chi connectivity index (χ1) is 25.5. The van der Waals surface area contributed by atoms with E-state index in [-0.39, 0.29) is 6.17 Å². The van der Waals surface area contributed by atoms with E-state index in [9.17, 15) is 0 Å². The Morgan fingerprint density at radius 1 is 0.538 bits per heavy atom. The van der Waals surface area contributed by atoms with Gasteiger partial charge in [-0.25, -0.2) is 4.99 Å². The van der Waals surface area contributed by atoms with Crippen LogP contribution < -0.4 is 5.32 Å². The Labute approximate surface area is 302 Å². The van der Waals surface area contributed by atoms with Gasteiger partial charge in [0.05, 0.1) is 5.52 Å². The molecule has 1 aliphatic rings. The molecule has 0 amide bonds. The average Bonchev–Trinajstić information content (AvgIpc) is 3.21. The van der Waals surface area contributed by atoms with Gasteiger partial charge in [-0.05, 0) is 98.0 Å².